The van der Waals surface area contributed by atoms with Gasteiger partial charge in [-0.05, 0) is 50.3 Å². The molecule has 0 spiro atoms. The van der Waals surface area contributed by atoms with Crippen molar-refractivity contribution >= 4 is 0 Å². The minimum absolute atomic E-state index is 0.535. The van der Waals surface area contributed by atoms with Gasteiger partial charge in [-0.1, -0.05) is 43.5 Å². The van der Waals surface area contributed by atoms with E-state index in [9.17, 15) is 0 Å². The summed E-state index contributed by atoms with van der Waals surface area (Å²) in [6.45, 7) is 6.83. The standard InChI is InChI=1S/C16H25N/c1-11-8-9-13(3)15(10-11)16(17-4)14-7-5-6-12(14)2/h8-10,12,14,16-17H,5-7H2,1-4H3. The van der Waals surface area contributed by atoms with Crippen LogP contribution in [0.4, 0.5) is 0 Å². The van der Waals surface area contributed by atoms with Crippen molar-refractivity contribution in [3.63, 3.8) is 0 Å². The molecule has 1 aliphatic carbocycles. The van der Waals surface area contributed by atoms with Gasteiger partial charge in [0.1, 0.15) is 0 Å². The first-order valence-corrected chi connectivity index (χ1v) is 6.88. The van der Waals surface area contributed by atoms with Gasteiger partial charge in [-0.15, -0.1) is 0 Å². The zero-order valence-corrected chi connectivity index (χ0v) is 11.6. The first-order valence-electron chi connectivity index (χ1n) is 6.88. The fourth-order valence-corrected chi connectivity index (χ4v) is 3.36. The van der Waals surface area contributed by atoms with Crippen molar-refractivity contribution in [3.05, 3.63) is 34.9 Å². The van der Waals surface area contributed by atoms with Crippen LogP contribution in [0, 0.1) is 25.7 Å². The lowest BCUT2D eigenvalue weighted by atomic mass is 9.84. The molecule has 1 N–H and O–H groups in total. The van der Waals surface area contributed by atoms with Gasteiger partial charge in [0.25, 0.3) is 0 Å². The zero-order valence-electron chi connectivity index (χ0n) is 11.6. The van der Waals surface area contributed by atoms with Gasteiger partial charge in [0.05, 0.1) is 0 Å². The molecule has 0 aromatic heterocycles. The average molecular weight is 231 g/mol. The summed E-state index contributed by atoms with van der Waals surface area (Å²) in [5, 5.41) is 3.56. The van der Waals surface area contributed by atoms with Gasteiger partial charge >= 0.3 is 0 Å². The number of benzene rings is 1. The maximum Gasteiger partial charge on any atom is 0.0351 e. The second-order valence-corrected chi connectivity index (χ2v) is 5.70. The minimum Gasteiger partial charge on any atom is -0.313 e. The molecule has 1 saturated carbocycles. The second kappa shape index (κ2) is 5.22. The normalized spacial score (nSPS) is 26.1. The Morgan fingerprint density at radius 1 is 1.24 bits per heavy atom. The van der Waals surface area contributed by atoms with Gasteiger partial charge in [-0.25, -0.2) is 0 Å². The van der Waals surface area contributed by atoms with Gasteiger partial charge in [-0.2, -0.15) is 0 Å². The first-order chi connectivity index (χ1) is 8.13. The predicted molar refractivity (Wildman–Crippen MR) is 74.2 cm³/mol. The maximum absolute atomic E-state index is 3.56. The number of aryl methyl sites for hydroxylation is 2. The lowest BCUT2D eigenvalue weighted by molar-refractivity contribution is 0.314. The Morgan fingerprint density at radius 3 is 2.59 bits per heavy atom. The highest BCUT2D eigenvalue weighted by atomic mass is 14.9. The third-order valence-corrected chi connectivity index (χ3v) is 4.44. The summed E-state index contributed by atoms with van der Waals surface area (Å²) >= 11 is 0. The van der Waals surface area contributed by atoms with Crippen molar-refractivity contribution in [2.45, 2.75) is 46.1 Å². The van der Waals surface area contributed by atoms with Crippen LogP contribution in [0.25, 0.3) is 0 Å². The van der Waals surface area contributed by atoms with E-state index in [0.29, 0.717) is 6.04 Å². The zero-order chi connectivity index (χ0) is 12.4. The fraction of sp³-hybridized carbons (Fsp3) is 0.625. The van der Waals surface area contributed by atoms with E-state index < -0.39 is 0 Å². The van der Waals surface area contributed by atoms with Crippen LogP contribution < -0.4 is 5.32 Å². The molecule has 2 rings (SSSR count). The molecular formula is C16H25N. The van der Waals surface area contributed by atoms with Gasteiger partial charge in [0.2, 0.25) is 0 Å². The second-order valence-electron chi connectivity index (χ2n) is 5.70. The molecule has 17 heavy (non-hydrogen) atoms. The highest BCUT2D eigenvalue weighted by Crippen LogP contribution is 2.40. The van der Waals surface area contributed by atoms with E-state index in [2.05, 4.69) is 51.3 Å². The summed E-state index contributed by atoms with van der Waals surface area (Å²) in [5.41, 5.74) is 4.30. The van der Waals surface area contributed by atoms with Crippen molar-refractivity contribution in [1.82, 2.24) is 5.32 Å². The predicted octanol–water partition coefficient (Wildman–Crippen LogP) is 4.00. The molecule has 1 aromatic carbocycles. The highest BCUT2D eigenvalue weighted by molar-refractivity contribution is 5.33. The van der Waals surface area contributed by atoms with E-state index >= 15 is 0 Å². The van der Waals surface area contributed by atoms with Gasteiger partial charge in [-0.3, -0.25) is 0 Å². The third-order valence-electron chi connectivity index (χ3n) is 4.44. The van der Waals surface area contributed by atoms with Crippen LogP contribution in [0.2, 0.25) is 0 Å². The topological polar surface area (TPSA) is 12.0 Å². The number of nitrogens with one attached hydrogen (secondary N) is 1. The summed E-state index contributed by atoms with van der Waals surface area (Å²) in [6.07, 6.45) is 4.17. The van der Waals surface area contributed by atoms with Crippen molar-refractivity contribution in [3.8, 4) is 0 Å². The monoisotopic (exact) mass is 231 g/mol. The van der Waals surface area contributed by atoms with Gasteiger partial charge in [0.15, 0.2) is 0 Å². The van der Waals surface area contributed by atoms with Crippen molar-refractivity contribution in [2.75, 3.05) is 7.05 Å². The molecule has 0 aliphatic heterocycles. The minimum atomic E-state index is 0.535. The summed E-state index contributed by atoms with van der Waals surface area (Å²) in [4.78, 5) is 0. The van der Waals surface area contributed by atoms with Crippen LogP contribution >= 0.6 is 0 Å². The maximum atomic E-state index is 3.56. The Kier molecular flexibility index (Phi) is 3.88. The molecule has 0 bridgehead atoms. The van der Waals surface area contributed by atoms with E-state index in [0.717, 1.165) is 11.8 Å². The van der Waals surface area contributed by atoms with Crippen LogP contribution in [0.5, 0.6) is 0 Å². The van der Waals surface area contributed by atoms with Crippen LogP contribution in [0.1, 0.15) is 48.9 Å². The molecule has 1 aromatic rings. The summed E-state index contributed by atoms with van der Waals surface area (Å²) < 4.78 is 0. The van der Waals surface area contributed by atoms with Crippen LogP contribution in [0.3, 0.4) is 0 Å². The molecule has 0 amide bonds. The molecular weight excluding hydrogens is 206 g/mol. The average Bonchev–Trinajstić information content (AvgIpc) is 2.71. The van der Waals surface area contributed by atoms with E-state index in [1.165, 1.54) is 36.0 Å². The number of hydrogen-bond acceptors (Lipinski definition) is 1. The van der Waals surface area contributed by atoms with Gasteiger partial charge < -0.3 is 5.32 Å². The summed E-state index contributed by atoms with van der Waals surface area (Å²) in [6, 6.07) is 7.37. The number of hydrogen-bond donors (Lipinski definition) is 1. The molecule has 1 nitrogen and oxygen atoms in total. The quantitative estimate of drug-likeness (QED) is 0.829. The molecule has 0 saturated heterocycles. The van der Waals surface area contributed by atoms with E-state index in [4.69, 9.17) is 0 Å². The SMILES string of the molecule is CNC(c1cc(C)ccc1C)C1CCCC1C. The Balaban J connectivity index is 2.31. The van der Waals surface area contributed by atoms with Crippen molar-refractivity contribution in [2.24, 2.45) is 11.8 Å². The molecule has 0 heterocycles. The summed E-state index contributed by atoms with van der Waals surface area (Å²) in [5.74, 6) is 1.66. The van der Waals surface area contributed by atoms with E-state index in [1.54, 1.807) is 0 Å². The third kappa shape index (κ3) is 2.55. The first kappa shape index (κ1) is 12.6. The van der Waals surface area contributed by atoms with Crippen LogP contribution in [-0.4, -0.2) is 7.05 Å². The summed E-state index contributed by atoms with van der Waals surface area (Å²) in [7, 11) is 2.11. The lowest BCUT2D eigenvalue weighted by Crippen LogP contribution is -2.27. The van der Waals surface area contributed by atoms with Crippen molar-refractivity contribution < 1.29 is 0 Å². The Bertz CT molecular complexity index is 383. The Hall–Kier alpha value is -0.820. The lowest BCUT2D eigenvalue weighted by Gasteiger charge is -2.28. The van der Waals surface area contributed by atoms with Crippen molar-refractivity contribution in [1.29, 1.82) is 0 Å². The number of rotatable bonds is 3. The fourth-order valence-electron chi connectivity index (χ4n) is 3.36. The molecule has 1 fully saturated rings. The molecule has 1 heteroatoms. The Labute approximate surface area is 106 Å². The Morgan fingerprint density at radius 2 is 2.00 bits per heavy atom. The molecule has 3 unspecified atom stereocenters. The van der Waals surface area contributed by atoms with E-state index in [1.807, 2.05) is 0 Å². The molecule has 94 valence electrons. The largest absolute Gasteiger partial charge is 0.313 e. The smallest absolute Gasteiger partial charge is 0.0351 e. The molecule has 3 atom stereocenters. The van der Waals surface area contributed by atoms with Crippen LogP contribution in [0.15, 0.2) is 18.2 Å². The molecule has 0 radical (unpaired) electrons. The van der Waals surface area contributed by atoms with E-state index in [-0.39, 0.29) is 0 Å². The van der Waals surface area contributed by atoms with Crippen LogP contribution in [-0.2, 0) is 0 Å². The highest BCUT2D eigenvalue weighted by Gasteiger charge is 2.31. The van der Waals surface area contributed by atoms with Gasteiger partial charge in [0, 0.05) is 6.04 Å². The molecule has 1 aliphatic rings.